The van der Waals surface area contributed by atoms with E-state index in [1.165, 1.54) is 0 Å². The highest BCUT2D eigenvalue weighted by atomic mass is 32.2. The zero-order chi connectivity index (χ0) is 14.6. The van der Waals surface area contributed by atoms with Crippen LogP contribution < -0.4 is 10.1 Å². The average Bonchev–Trinajstić information content (AvgIpc) is 2.43. The summed E-state index contributed by atoms with van der Waals surface area (Å²) in [5.41, 5.74) is 1.15. The molecule has 0 heterocycles. The van der Waals surface area contributed by atoms with Gasteiger partial charge in [-0.1, -0.05) is 12.1 Å². The SMILES string of the molecule is Cc1cccc(OCCC(=O)NCCSCCCO)c1. The van der Waals surface area contributed by atoms with E-state index in [0.717, 1.165) is 29.2 Å². The van der Waals surface area contributed by atoms with Crippen LogP contribution in [-0.4, -0.2) is 42.3 Å². The molecule has 0 atom stereocenters. The van der Waals surface area contributed by atoms with Crippen molar-refractivity contribution in [2.24, 2.45) is 0 Å². The Hall–Kier alpha value is -1.20. The van der Waals surface area contributed by atoms with Gasteiger partial charge in [-0.25, -0.2) is 0 Å². The molecule has 0 aliphatic heterocycles. The fourth-order valence-electron chi connectivity index (χ4n) is 1.59. The molecule has 0 unspecified atom stereocenters. The van der Waals surface area contributed by atoms with Crippen molar-refractivity contribution in [1.29, 1.82) is 0 Å². The normalized spacial score (nSPS) is 10.3. The molecule has 112 valence electrons. The predicted molar refractivity (Wildman–Crippen MR) is 83.3 cm³/mol. The first-order chi connectivity index (χ1) is 9.72. The second kappa shape index (κ2) is 10.6. The molecule has 1 rings (SSSR count). The number of thioether (sulfide) groups is 1. The van der Waals surface area contributed by atoms with E-state index in [2.05, 4.69) is 5.32 Å². The maximum atomic E-state index is 11.5. The zero-order valence-corrected chi connectivity index (χ0v) is 12.7. The molecule has 1 aromatic carbocycles. The minimum atomic E-state index is 0.0143. The maximum Gasteiger partial charge on any atom is 0.223 e. The quantitative estimate of drug-likeness (QED) is 0.649. The summed E-state index contributed by atoms with van der Waals surface area (Å²) in [4.78, 5) is 11.5. The maximum absolute atomic E-state index is 11.5. The highest BCUT2D eigenvalue weighted by Crippen LogP contribution is 2.12. The molecule has 0 fully saturated rings. The molecule has 0 aromatic heterocycles. The van der Waals surface area contributed by atoms with Crippen molar-refractivity contribution in [2.45, 2.75) is 19.8 Å². The zero-order valence-electron chi connectivity index (χ0n) is 11.9. The molecule has 0 aliphatic carbocycles. The summed E-state index contributed by atoms with van der Waals surface area (Å²) < 4.78 is 5.52. The molecule has 2 N–H and O–H groups in total. The van der Waals surface area contributed by atoms with Crippen LogP contribution in [0.4, 0.5) is 0 Å². The van der Waals surface area contributed by atoms with E-state index in [1.54, 1.807) is 11.8 Å². The number of carbonyl (C=O) groups excluding carboxylic acids is 1. The number of ether oxygens (including phenoxy) is 1. The van der Waals surface area contributed by atoms with Crippen LogP contribution in [0.2, 0.25) is 0 Å². The van der Waals surface area contributed by atoms with Crippen molar-refractivity contribution in [2.75, 3.05) is 31.3 Å². The van der Waals surface area contributed by atoms with Gasteiger partial charge in [0.05, 0.1) is 13.0 Å². The lowest BCUT2D eigenvalue weighted by atomic mass is 10.2. The summed E-state index contributed by atoms with van der Waals surface area (Å²) in [7, 11) is 0. The standard InChI is InChI=1S/C15H23NO3S/c1-13-4-2-5-14(12-13)19-9-6-15(18)16-7-11-20-10-3-8-17/h2,4-5,12,17H,3,6-11H2,1H3,(H,16,18). The van der Waals surface area contributed by atoms with Crippen LogP contribution in [-0.2, 0) is 4.79 Å². The van der Waals surface area contributed by atoms with Crippen LogP contribution in [0.1, 0.15) is 18.4 Å². The van der Waals surface area contributed by atoms with E-state index in [4.69, 9.17) is 9.84 Å². The van der Waals surface area contributed by atoms with Gasteiger partial charge in [-0.3, -0.25) is 4.79 Å². The first kappa shape index (κ1) is 16.9. The Morgan fingerprint density at radius 1 is 1.40 bits per heavy atom. The predicted octanol–water partition coefficient (Wildman–Crippen LogP) is 2.00. The van der Waals surface area contributed by atoms with E-state index in [9.17, 15) is 4.79 Å². The summed E-state index contributed by atoms with van der Waals surface area (Å²) in [5.74, 6) is 2.63. The number of nitrogens with one attached hydrogen (secondary N) is 1. The third-order valence-corrected chi connectivity index (χ3v) is 3.67. The number of aliphatic hydroxyl groups is 1. The summed E-state index contributed by atoms with van der Waals surface area (Å²) in [6.07, 6.45) is 1.18. The van der Waals surface area contributed by atoms with Crippen LogP contribution in [0, 0.1) is 6.92 Å². The van der Waals surface area contributed by atoms with E-state index in [0.29, 0.717) is 19.6 Å². The lowest BCUT2D eigenvalue weighted by Crippen LogP contribution is -2.27. The summed E-state index contributed by atoms with van der Waals surface area (Å²) in [5, 5.41) is 11.5. The molecule has 0 radical (unpaired) electrons. The molecule has 1 aromatic rings. The molecule has 4 nitrogen and oxygen atoms in total. The Labute approximate surface area is 124 Å². The smallest absolute Gasteiger partial charge is 0.223 e. The molecule has 0 bridgehead atoms. The number of aliphatic hydroxyl groups excluding tert-OH is 1. The van der Waals surface area contributed by atoms with E-state index in [1.807, 2.05) is 31.2 Å². The fraction of sp³-hybridized carbons (Fsp3) is 0.533. The van der Waals surface area contributed by atoms with Crippen molar-refractivity contribution in [3.63, 3.8) is 0 Å². The monoisotopic (exact) mass is 297 g/mol. The van der Waals surface area contributed by atoms with Crippen LogP contribution in [0.5, 0.6) is 5.75 Å². The Morgan fingerprint density at radius 3 is 3.00 bits per heavy atom. The number of amides is 1. The number of carbonyl (C=O) groups is 1. The van der Waals surface area contributed by atoms with Crippen LogP contribution in [0.15, 0.2) is 24.3 Å². The van der Waals surface area contributed by atoms with Gasteiger partial charge < -0.3 is 15.2 Å². The number of hydrogen-bond acceptors (Lipinski definition) is 4. The largest absolute Gasteiger partial charge is 0.493 e. The highest BCUT2D eigenvalue weighted by molar-refractivity contribution is 7.99. The van der Waals surface area contributed by atoms with Gasteiger partial charge in [0.1, 0.15) is 5.75 Å². The molecule has 5 heteroatoms. The van der Waals surface area contributed by atoms with Gasteiger partial charge in [0.15, 0.2) is 0 Å². The third kappa shape index (κ3) is 8.07. The lowest BCUT2D eigenvalue weighted by Gasteiger charge is -2.07. The highest BCUT2D eigenvalue weighted by Gasteiger charge is 2.01. The molecule has 0 spiro atoms. The molecule has 20 heavy (non-hydrogen) atoms. The fourth-order valence-corrected chi connectivity index (χ4v) is 2.37. The van der Waals surface area contributed by atoms with Gasteiger partial charge in [0.2, 0.25) is 5.91 Å². The first-order valence-electron chi connectivity index (χ1n) is 6.87. The van der Waals surface area contributed by atoms with E-state index >= 15 is 0 Å². The van der Waals surface area contributed by atoms with Gasteiger partial charge in [-0.2, -0.15) is 11.8 Å². The molecule has 1 amide bonds. The molecule has 0 aliphatic rings. The Kier molecular flexibility index (Phi) is 8.91. The van der Waals surface area contributed by atoms with E-state index in [-0.39, 0.29) is 12.5 Å². The van der Waals surface area contributed by atoms with E-state index < -0.39 is 0 Å². The summed E-state index contributed by atoms with van der Waals surface area (Å²) in [6.45, 7) is 3.30. The second-order valence-electron chi connectivity index (χ2n) is 4.45. The van der Waals surface area contributed by atoms with Gasteiger partial charge in [-0.05, 0) is 36.8 Å². The average molecular weight is 297 g/mol. The molecular formula is C15H23NO3S. The third-order valence-electron chi connectivity index (χ3n) is 2.60. The van der Waals surface area contributed by atoms with Crippen LogP contribution in [0.25, 0.3) is 0 Å². The van der Waals surface area contributed by atoms with Crippen molar-refractivity contribution < 1.29 is 14.6 Å². The number of hydrogen-bond donors (Lipinski definition) is 2. The van der Waals surface area contributed by atoms with Crippen molar-refractivity contribution in [3.8, 4) is 5.75 Å². The number of rotatable bonds is 10. The second-order valence-corrected chi connectivity index (χ2v) is 5.68. The summed E-state index contributed by atoms with van der Waals surface area (Å²) in [6, 6.07) is 7.79. The van der Waals surface area contributed by atoms with Gasteiger partial charge in [0, 0.05) is 18.9 Å². The molecular weight excluding hydrogens is 274 g/mol. The molecule has 0 saturated carbocycles. The lowest BCUT2D eigenvalue weighted by molar-refractivity contribution is -0.121. The van der Waals surface area contributed by atoms with Gasteiger partial charge >= 0.3 is 0 Å². The van der Waals surface area contributed by atoms with Gasteiger partial charge in [0.25, 0.3) is 0 Å². The molecule has 0 saturated heterocycles. The van der Waals surface area contributed by atoms with Crippen molar-refractivity contribution in [1.82, 2.24) is 5.32 Å². The van der Waals surface area contributed by atoms with Crippen molar-refractivity contribution in [3.05, 3.63) is 29.8 Å². The number of aryl methyl sites for hydroxylation is 1. The van der Waals surface area contributed by atoms with Crippen molar-refractivity contribution >= 4 is 17.7 Å². The number of benzene rings is 1. The Balaban J connectivity index is 2.03. The topological polar surface area (TPSA) is 58.6 Å². The first-order valence-corrected chi connectivity index (χ1v) is 8.02. The minimum Gasteiger partial charge on any atom is -0.493 e. The Morgan fingerprint density at radius 2 is 2.25 bits per heavy atom. The van der Waals surface area contributed by atoms with Crippen LogP contribution >= 0.6 is 11.8 Å². The van der Waals surface area contributed by atoms with Crippen LogP contribution in [0.3, 0.4) is 0 Å². The Bertz CT molecular complexity index is 398. The summed E-state index contributed by atoms with van der Waals surface area (Å²) >= 11 is 1.74. The van der Waals surface area contributed by atoms with Gasteiger partial charge in [-0.15, -0.1) is 0 Å². The minimum absolute atomic E-state index is 0.0143.